The maximum atomic E-state index is 15.8. The van der Waals surface area contributed by atoms with Gasteiger partial charge in [0.25, 0.3) is 0 Å². The lowest BCUT2D eigenvalue weighted by Gasteiger charge is -2.36. The molecule has 43 heteroatoms. The third-order valence-electron chi connectivity index (χ3n) is 24.1. The highest BCUT2D eigenvalue weighted by Gasteiger charge is 2.46. The van der Waals surface area contributed by atoms with Crippen molar-refractivity contribution in [2.24, 2.45) is 23.1 Å². The van der Waals surface area contributed by atoms with Crippen molar-refractivity contribution >= 4 is 150 Å². The lowest BCUT2D eigenvalue weighted by molar-refractivity contribution is -0.149. The number of unbranched alkanes of at least 4 members (excludes halogenated alkanes) is 2. The van der Waals surface area contributed by atoms with Gasteiger partial charge in [0, 0.05) is 106 Å². The van der Waals surface area contributed by atoms with Gasteiger partial charge in [-0.3, -0.25) is 86.9 Å². The van der Waals surface area contributed by atoms with Crippen molar-refractivity contribution in [1.29, 1.82) is 5.41 Å². The Hall–Kier alpha value is -13.1. The smallest absolute Gasteiger partial charge is 0.246 e. The molecule has 3 aliphatic rings. The topological polar surface area (TPSA) is 605 Å². The third kappa shape index (κ3) is 29.2. The lowest BCUT2D eigenvalue weighted by atomic mass is 10.00. The number of nitrogens with two attached hydrogens (primary N) is 3. The van der Waals surface area contributed by atoms with Gasteiger partial charge in [-0.05, 0) is 110 Å². The van der Waals surface area contributed by atoms with Gasteiger partial charge in [0.1, 0.15) is 84.6 Å². The summed E-state index contributed by atoms with van der Waals surface area (Å²) in [6.45, 7) is 6.79. The minimum atomic E-state index is -1.83. The molecule has 6 aromatic rings. The second-order valence-corrected chi connectivity index (χ2v) is 36.4. The maximum Gasteiger partial charge on any atom is 0.246 e. The zero-order chi connectivity index (χ0) is 97.6. The van der Waals surface area contributed by atoms with E-state index in [-0.39, 0.29) is 109 Å². The van der Waals surface area contributed by atoms with Crippen LogP contribution in [0.3, 0.4) is 0 Å². The SMILES string of the molecule is CCCC[C@H]1C(=O)N(C)[C@@H](CCCC)C(=O)N[C@@H](CCCNC(=N)N)C(=O)N[C@H](C(=O)NCC(N)=O)CSCC(=O)N[C@@H](Cc2ccccc2)C(=O)N(C)[C@@H](C)C(=O)N[C@@H](CC(N)=O)C(=O)N2CCC[C@H]2C(=O)N[C@@H](Cc2cnc[nH]2)C(=O)N[C@@H](CC(C)C)C(=O)N2CCC[C@H]2C(=O)N[C@@H](Cc2c[nH]c3ccccc23)C(=O)N[C@@H](CO)C(=O)N[C@@H](Cc2csc3ccccc23)C(=O)N1C. The Bertz CT molecular complexity index is 5150. The first-order chi connectivity index (χ1) is 64.0. The first-order valence-corrected chi connectivity index (χ1v) is 47.3. The van der Waals surface area contributed by atoms with Crippen molar-refractivity contribution in [2.75, 3.05) is 65.4 Å². The van der Waals surface area contributed by atoms with E-state index in [0.717, 1.165) is 31.6 Å². The van der Waals surface area contributed by atoms with E-state index in [1.165, 1.54) is 66.6 Å². The summed E-state index contributed by atoms with van der Waals surface area (Å²) in [5, 5.41) is 51.8. The van der Waals surface area contributed by atoms with Crippen LogP contribution in [-0.2, 0) is 107 Å². The Morgan fingerprint density at radius 3 is 1.70 bits per heavy atom. The van der Waals surface area contributed by atoms with Gasteiger partial charge in [0.2, 0.25) is 100 Å². The molecule has 0 saturated carbocycles. The van der Waals surface area contributed by atoms with Gasteiger partial charge < -0.3 is 115 Å². The van der Waals surface area contributed by atoms with Gasteiger partial charge >= 0.3 is 0 Å². The van der Waals surface area contributed by atoms with E-state index < -0.39 is 222 Å². The summed E-state index contributed by atoms with van der Waals surface area (Å²) in [7, 11) is 4.00. The fraction of sp³-hybridized carbons (Fsp3) is 0.527. The van der Waals surface area contributed by atoms with Gasteiger partial charge in [-0.25, -0.2) is 4.98 Å². The minimum Gasteiger partial charge on any atom is -0.394 e. The van der Waals surface area contributed by atoms with Gasteiger partial charge in [-0.2, -0.15) is 0 Å². The summed E-state index contributed by atoms with van der Waals surface area (Å²) in [6, 6.07) is 2.08. The number of aliphatic hydroxyl groups excluding tert-OH is 1. The Labute approximate surface area is 785 Å². The normalized spacial score (nSPS) is 24.3. The number of likely N-dealkylation sites (N-methyl/N-ethyl adjacent to an activating group) is 3. The van der Waals surface area contributed by atoms with Crippen molar-refractivity contribution in [3.05, 3.63) is 125 Å². The van der Waals surface area contributed by atoms with E-state index in [1.54, 1.807) is 80.7 Å². The van der Waals surface area contributed by atoms with E-state index in [9.17, 15) is 48.3 Å². The molecule has 134 heavy (non-hydrogen) atoms. The number of aromatic amines is 2. The molecule has 3 saturated heterocycles. The number of primary amides is 2. The predicted molar refractivity (Wildman–Crippen MR) is 500 cm³/mol. The number of rotatable bonds is 26. The van der Waals surface area contributed by atoms with Crippen molar-refractivity contribution in [1.82, 2.24) is 97.9 Å². The van der Waals surface area contributed by atoms with Gasteiger partial charge in [0.15, 0.2) is 5.96 Å². The highest BCUT2D eigenvalue weighted by molar-refractivity contribution is 8.00. The average Bonchev–Trinajstić information content (AvgIpc) is 1.59. The molecule has 9 rings (SSSR count). The predicted octanol–water partition coefficient (Wildman–Crippen LogP) is -0.872. The summed E-state index contributed by atoms with van der Waals surface area (Å²) >= 11 is 2.17. The molecular formula is C91H127N23O18S2. The van der Waals surface area contributed by atoms with Crippen LogP contribution in [0.15, 0.2) is 103 Å². The third-order valence-corrected chi connectivity index (χ3v) is 26.1. The van der Waals surface area contributed by atoms with Crippen LogP contribution in [0.25, 0.3) is 21.0 Å². The molecular weight excluding hydrogens is 1770 g/mol. The number of thiophene rings is 1. The van der Waals surface area contributed by atoms with E-state index >= 15 is 38.4 Å². The summed E-state index contributed by atoms with van der Waals surface area (Å²) in [5.74, 6) is -16.7. The quantitative estimate of drug-likeness (QED) is 0.0178. The van der Waals surface area contributed by atoms with E-state index in [4.69, 9.17) is 22.6 Å². The number of hydrogen-bond acceptors (Lipinski definition) is 22. The van der Waals surface area contributed by atoms with Crippen LogP contribution in [0.4, 0.5) is 0 Å². The second kappa shape index (κ2) is 50.7. The molecule has 0 aliphatic carbocycles. The summed E-state index contributed by atoms with van der Waals surface area (Å²) in [4.78, 5) is 266. The molecule has 14 atom stereocenters. The summed E-state index contributed by atoms with van der Waals surface area (Å²) < 4.78 is 0.830. The van der Waals surface area contributed by atoms with Gasteiger partial charge in [-0.15, -0.1) is 23.1 Å². The molecule has 6 heterocycles. The lowest BCUT2D eigenvalue weighted by Crippen LogP contribution is -2.62. The zero-order valence-electron chi connectivity index (χ0n) is 76.8. The summed E-state index contributed by atoms with van der Waals surface area (Å²) in [5.41, 5.74) is 19.5. The number of nitrogens with zero attached hydrogens (tertiary/aromatic N) is 6. The number of aliphatic hydroxyl groups is 1. The number of thioether (sulfide) groups is 1. The van der Waals surface area contributed by atoms with Crippen LogP contribution in [0.2, 0.25) is 0 Å². The average molecular weight is 1900 g/mol. The number of guanidine groups is 1. The van der Waals surface area contributed by atoms with Crippen molar-refractivity contribution in [2.45, 2.75) is 235 Å². The minimum absolute atomic E-state index is 0.00356. The highest BCUT2D eigenvalue weighted by Crippen LogP contribution is 2.30. The maximum absolute atomic E-state index is 15.8. The Balaban J connectivity index is 1.09. The summed E-state index contributed by atoms with van der Waals surface area (Å²) in [6.07, 6.45) is 4.96. The molecule has 3 aliphatic heterocycles. The molecule has 0 bridgehead atoms. The first kappa shape index (κ1) is 105. The van der Waals surface area contributed by atoms with Crippen LogP contribution in [0, 0.1) is 11.3 Å². The van der Waals surface area contributed by atoms with Gasteiger partial charge in [-0.1, -0.05) is 120 Å². The van der Waals surface area contributed by atoms with Crippen molar-refractivity contribution in [3.63, 3.8) is 0 Å². The molecule has 0 spiro atoms. The standard InChI is InChI=1S/C91H127N23O18S2/c1-9-11-29-69-83(125)102-60(28-20-34-97-91(94)95)79(121)109-68(78(120)99-45-75(93)117)48-133-49-76(118)101-64(38-53-23-14-13-15-24-53)86(128)110(6)52(5)77(119)105-66(42-74(92)116)89(131)114-36-22-32-71(114)85(127)104-62(41-56-44-96-50-100-56)81(123)106-63(37-51(3)4)88(130)113-35-21-31-70(113)84(126)103-61(39-54-43-98-59-27-18-16-25-57(54)59)80(122)108-67(46-115)82(124)107-65(40-55-47-134-73-33-19-17-26-58(55)73)87(129)112(8)72(30-12-10-2)90(132)111(69)7/h13-19,23-27,33,43-44,47,50-52,60-72,98,115H,9-12,20-22,28-32,34-42,45-46,48-49H2,1-8H3,(H2,92,116)(H2,93,117)(H,96,100)(H,99,120)(H,101,118)(H,102,125)(H,103,126)(H,104,127)(H,105,119)(H,106,123)(H,107,124)(H,108,122)(H,109,121)(H4,94,95,97)/t52-,60-,61-,62-,63-,64-,65-,66-,67-,68-,69-,70-,71-,72-/m0/s1. The zero-order valence-corrected chi connectivity index (χ0v) is 78.4. The number of hydrogen-bond donors (Lipinski definition) is 18. The molecule has 0 radical (unpaired) electrons. The number of imidazole rings is 1. The first-order valence-electron chi connectivity index (χ1n) is 45.3. The monoisotopic (exact) mass is 1890 g/mol. The van der Waals surface area contributed by atoms with Crippen LogP contribution in [-0.4, -0.2) is 301 Å². The number of fused-ring (bicyclic) bond motifs is 4. The second-order valence-electron chi connectivity index (χ2n) is 34.5. The molecule has 0 unspecified atom stereocenters. The van der Waals surface area contributed by atoms with Crippen LogP contribution in [0.1, 0.15) is 147 Å². The number of benzene rings is 3. The molecule has 726 valence electrons. The van der Waals surface area contributed by atoms with Crippen LogP contribution < -0.4 is 75.7 Å². The number of para-hydroxylation sites is 1. The Morgan fingerprint density at radius 2 is 1.08 bits per heavy atom. The molecule has 3 aromatic carbocycles. The van der Waals surface area contributed by atoms with E-state index in [1.807, 2.05) is 37.4 Å². The number of aromatic nitrogens is 3. The number of carbonyl (C=O) groups excluding carboxylic acids is 17. The van der Waals surface area contributed by atoms with Crippen molar-refractivity contribution in [3.8, 4) is 0 Å². The Morgan fingerprint density at radius 1 is 0.537 bits per heavy atom. The molecule has 41 nitrogen and oxygen atoms in total. The number of nitrogens with one attached hydrogen (secondary N) is 14. The molecule has 21 N–H and O–H groups in total. The van der Waals surface area contributed by atoms with Crippen LogP contribution in [0.5, 0.6) is 0 Å². The van der Waals surface area contributed by atoms with Gasteiger partial charge in [0.05, 0.1) is 31.7 Å². The largest absolute Gasteiger partial charge is 0.394 e. The number of amides is 17. The number of carbonyl (C=O) groups is 17. The molecule has 3 aromatic heterocycles. The van der Waals surface area contributed by atoms with Crippen molar-refractivity contribution < 1.29 is 86.6 Å². The molecule has 17 amide bonds. The molecule has 3 fully saturated rings. The fourth-order valence-electron chi connectivity index (χ4n) is 16.7. The fourth-order valence-corrected chi connectivity index (χ4v) is 18.5. The van der Waals surface area contributed by atoms with E-state index in [0.29, 0.717) is 59.0 Å². The highest BCUT2D eigenvalue weighted by atomic mass is 32.2. The Kier molecular flexibility index (Phi) is 39.6. The van der Waals surface area contributed by atoms with Crippen LogP contribution >= 0.6 is 23.1 Å². The number of H-pyrrole nitrogens is 2. The van der Waals surface area contributed by atoms with E-state index in [2.05, 4.69) is 73.4 Å².